The average molecular weight is 634 g/mol. The molecule has 0 radical (unpaired) electrons. The molecule has 0 bridgehead atoms. The average Bonchev–Trinajstić information content (AvgIpc) is 3.61. The first kappa shape index (κ1) is 31.7. The minimum atomic E-state index is -0.255. The standard InChI is InChI=1S/C36H39N7O4/c1-26(43-23-30(21-38-43)32-20-33(39-40-35(32)37)31-10-6-7-11-34(31)47-25-45-2)29-14-12-27(13-15-29)22-41-16-18-42(19-17-41)36(44)46-24-28-8-4-3-5-9-28/h3-15,20-21,23,26H,16-19,22,24-25H2,1-2H3,(H2,37,40). The van der Waals surface area contributed by atoms with Crippen molar-refractivity contribution in [3.8, 4) is 28.1 Å². The first-order valence-corrected chi connectivity index (χ1v) is 15.6. The van der Waals surface area contributed by atoms with Crippen molar-refractivity contribution in [2.75, 3.05) is 45.8 Å². The number of para-hydroxylation sites is 1. The van der Waals surface area contributed by atoms with Crippen molar-refractivity contribution in [1.82, 2.24) is 29.8 Å². The summed E-state index contributed by atoms with van der Waals surface area (Å²) in [6.07, 6.45) is 3.52. The lowest BCUT2D eigenvalue weighted by Gasteiger charge is -2.34. The molecule has 1 aliphatic heterocycles. The van der Waals surface area contributed by atoms with Gasteiger partial charge in [-0.25, -0.2) is 4.79 Å². The molecule has 47 heavy (non-hydrogen) atoms. The summed E-state index contributed by atoms with van der Waals surface area (Å²) < 4.78 is 18.2. The van der Waals surface area contributed by atoms with E-state index in [4.69, 9.17) is 19.9 Å². The molecule has 242 valence electrons. The quantitative estimate of drug-likeness (QED) is 0.184. The van der Waals surface area contributed by atoms with E-state index in [1.54, 1.807) is 18.2 Å². The van der Waals surface area contributed by atoms with Crippen LogP contribution in [0.5, 0.6) is 5.75 Å². The van der Waals surface area contributed by atoms with Gasteiger partial charge in [0.05, 0.1) is 17.9 Å². The fourth-order valence-corrected chi connectivity index (χ4v) is 5.59. The van der Waals surface area contributed by atoms with Gasteiger partial charge >= 0.3 is 6.09 Å². The maximum Gasteiger partial charge on any atom is 0.410 e. The Balaban J connectivity index is 1.05. The van der Waals surface area contributed by atoms with Crippen LogP contribution in [-0.2, 0) is 22.6 Å². The SMILES string of the molecule is COCOc1ccccc1-c1cc(-c2cnn(C(C)c3ccc(CN4CCN(C(=O)OCc5ccccc5)CC4)cc3)c2)c(N)nn1. The summed E-state index contributed by atoms with van der Waals surface area (Å²) in [7, 11) is 1.58. The largest absolute Gasteiger partial charge is 0.467 e. The normalized spacial score (nSPS) is 14.1. The van der Waals surface area contributed by atoms with Crippen molar-refractivity contribution < 1.29 is 19.0 Å². The Morgan fingerprint density at radius 1 is 0.894 bits per heavy atom. The van der Waals surface area contributed by atoms with Crippen LogP contribution in [0.1, 0.15) is 29.7 Å². The molecule has 3 heterocycles. The molecule has 0 aliphatic carbocycles. The number of benzene rings is 3. The second kappa shape index (κ2) is 14.9. The molecule has 0 saturated carbocycles. The number of nitrogens with two attached hydrogens (primary N) is 1. The van der Waals surface area contributed by atoms with Crippen molar-refractivity contribution in [1.29, 1.82) is 0 Å². The lowest BCUT2D eigenvalue weighted by Crippen LogP contribution is -2.48. The predicted molar refractivity (Wildman–Crippen MR) is 179 cm³/mol. The highest BCUT2D eigenvalue weighted by Gasteiger charge is 2.22. The summed E-state index contributed by atoms with van der Waals surface area (Å²) in [4.78, 5) is 16.7. The summed E-state index contributed by atoms with van der Waals surface area (Å²) in [5.74, 6) is 0.971. The first-order chi connectivity index (χ1) is 23.0. The van der Waals surface area contributed by atoms with Crippen molar-refractivity contribution in [2.24, 2.45) is 0 Å². The third-order valence-corrected chi connectivity index (χ3v) is 8.33. The number of amides is 1. The maximum absolute atomic E-state index is 12.5. The molecular weight excluding hydrogens is 594 g/mol. The van der Waals surface area contributed by atoms with Gasteiger partial charge in [-0.3, -0.25) is 9.58 Å². The van der Waals surface area contributed by atoms with E-state index in [2.05, 4.69) is 51.4 Å². The molecule has 0 spiro atoms. The number of nitrogen functional groups attached to an aromatic ring is 1. The summed E-state index contributed by atoms with van der Waals surface area (Å²) in [6, 6.07) is 27.9. The number of piperazine rings is 1. The Hall–Kier alpha value is -5.26. The van der Waals surface area contributed by atoms with Gasteiger partial charge in [0, 0.05) is 62.7 Å². The highest BCUT2D eigenvalue weighted by molar-refractivity contribution is 5.78. The molecule has 1 aliphatic rings. The van der Waals surface area contributed by atoms with Gasteiger partial charge in [-0.15, -0.1) is 10.2 Å². The van der Waals surface area contributed by atoms with Crippen LogP contribution in [0.15, 0.2) is 97.3 Å². The summed E-state index contributed by atoms with van der Waals surface area (Å²) in [6.45, 7) is 6.26. The summed E-state index contributed by atoms with van der Waals surface area (Å²) >= 11 is 0. The minimum absolute atomic E-state index is 0.00176. The minimum Gasteiger partial charge on any atom is -0.467 e. The monoisotopic (exact) mass is 633 g/mol. The molecule has 1 fully saturated rings. The molecule has 3 aromatic carbocycles. The molecular formula is C36H39N7O4. The summed E-state index contributed by atoms with van der Waals surface area (Å²) in [5.41, 5.74) is 12.7. The molecule has 1 saturated heterocycles. The molecule has 5 aromatic rings. The number of carbonyl (C=O) groups is 1. The number of hydrogen-bond donors (Lipinski definition) is 1. The zero-order valence-corrected chi connectivity index (χ0v) is 26.7. The molecule has 11 heteroatoms. The molecule has 1 amide bonds. The van der Waals surface area contributed by atoms with Gasteiger partial charge in [-0.2, -0.15) is 5.10 Å². The van der Waals surface area contributed by atoms with Gasteiger partial charge in [0.1, 0.15) is 12.4 Å². The van der Waals surface area contributed by atoms with Crippen LogP contribution in [0.4, 0.5) is 10.6 Å². The van der Waals surface area contributed by atoms with E-state index in [9.17, 15) is 4.79 Å². The number of hydrogen-bond acceptors (Lipinski definition) is 9. The smallest absolute Gasteiger partial charge is 0.410 e. The highest BCUT2D eigenvalue weighted by Crippen LogP contribution is 2.33. The summed E-state index contributed by atoms with van der Waals surface area (Å²) in [5, 5.41) is 13.2. The van der Waals surface area contributed by atoms with Crippen LogP contribution in [-0.4, -0.2) is 76.0 Å². The predicted octanol–water partition coefficient (Wildman–Crippen LogP) is 5.64. The highest BCUT2D eigenvalue weighted by atomic mass is 16.7. The fraction of sp³-hybridized carbons (Fsp3) is 0.278. The van der Waals surface area contributed by atoms with Gasteiger partial charge in [0.15, 0.2) is 12.6 Å². The topological polar surface area (TPSA) is 121 Å². The number of carbonyl (C=O) groups excluding carboxylic acids is 1. The second-order valence-corrected chi connectivity index (χ2v) is 11.5. The number of nitrogens with zero attached hydrogens (tertiary/aromatic N) is 6. The third-order valence-electron chi connectivity index (χ3n) is 8.33. The maximum atomic E-state index is 12.5. The molecule has 1 atom stereocenters. The van der Waals surface area contributed by atoms with Crippen molar-refractivity contribution in [3.05, 3.63) is 114 Å². The Kier molecular flexibility index (Phi) is 10.0. The van der Waals surface area contributed by atoms with Gasteiger partial charge in [0.25, 0.3) is 0 Å². The third kappa shape index (κ3) is 7.76. The zero-order valence-electron chi connectivity index (χ0n) is 26.7. The molecule has 1 unspecified atom stereocenters. The fourth-order valence-electron chi connectivity index (χ4n) is 5.59. The van der Waals surface area contributed by atoms with Crippen LogP contribution >= 0.6 is 0 Å². The lowest BCUT2D eigenvalue weighted by molar-refractivity contribution is 0.0515. The van der Waals surface area contributed by atoms with E-state index in [1.165, 1.54) is 5.56 Å². The Labute approximate surface area is 274 Å². The van der Waals surface area contributed by atoms with Crippen molar-refractivity contribution in [2.45, 2.75) is 26.1 Å². The number of aromatic nitrogens is 4. The van der Waals surface area contributed by atoms with E-state index in [0.717, 1.165) is 47.5 Å². The first-order valence-electron chi connectivity index (χ1n) is 15.6. The number of rotatable bonds is 11. The van der Waals surface area contributed by atoms with Crippen LogP contribution < -0.4 is 10.5 Å². The van der Waals surface area contributed by atoms with Crippen molar-refractivity contribution >= 4 is 11.9 Å². The van der Waals surface area contributed by atoms with Crippen LogP contribution in [0.25, 0.3) is 22.4 Å². The van der Waals surface area contributed by atoms with Gasteiger partial charge in [-0.05, 0) is 41.8 Å². The number of methoxy groups -OCH3 is 1. The lowest BCUT2D eigenvalue weighted by atomic mass is 10.0. The van der Waals surface area contributed by atoms with Crippen LogP contribution in [0.2, 0.25) is 0 Å². The number of ether oxygens (including phenoxy) is 3. The Morgan fingerprint density at radius 3 is 2.40 bits per heavy atom. The Morgan fingerprint density at radius 2 is 1.64 bits per heavy atom. The van der Waals surface area contributed by atoms with E-state index in [0.29, 0.717) is 37.0 Å². The Bertz CT molecular complexity index is 1770. The molecule has 6 rings (SSSR count). The van der Waals surface area contributed by atoms with E-state index in [1.807, 2.05) is 71.5 Å². The van der Waals surface area contributed by atoms with Gasteiger partial charge in [0.2, 0.25) is 0 Å². The molecule has 2 aromatic heterocycles. The second-order valence-electron chi connectivity index (χ2n) is 11.5. The van der Waals surface area contributed by atoms with E-state index in [-0.39, 0.29) is 18.9 Å². The number of anilines is 1. The van der Waals surface area contributed by atoms with Crippen LogP contribution in [0.3, 0.4) is 0 Å². The van der Waals surface area contributed by atoms with E-state index >= 15 is 0 Å². The molecule has 11 nitrogen and oxygen atoms in total. The molecule has 2 N–H and O–H groups in total. The van der Waals surface area contributed by atoms with Gasteiger partial charge < -0.3 is 24.8 Å². The van der Waals surface area contributed by atoms with Crippen LogP contribution in [0, 0.1) is 0 Å². The van der Waals surface area contributed by atoms with Crippen molar-refractivity contribution in [3.63, 3.8) is 0 Å². The van der Waals surface area contributed by atoms with E-state index < -0.39 is 0 Å². The zero-order chi connectivity index (χ0) is 32.6. The van der Waals surface area contributed by atoms with Gasteiger partial charge in [-0.1, -0.05) is 66.7 Å².